The molecule has 1 amide bonds. The number of nitrogens with zero attached hydrogens (tertiary/aromatic N) is 3. The second kappa shape index (κ2) is 7.07. The van der Waals surface area contributed by atoms with Gasteiger partial charge in [-0.2, -0.15) is 0 Å². The average molecular weight is 321 g/mol. The molecule has 1 aliphatic heterocycles. The van der Waals surface area contributed by atoms with Gasteiger partial charge in [0.15, 0.2) is 0 Å². The van der Waals surface area contributed by atoms with E-state index in [9.17, 15) is 4.79 Å². The molecule has 1 atom stereocenters. The van der Waals surface area contributed by atoms with Gasteiger partial charge in [0.1, 0.15) is 10.0 Å². The van der Waals surface area contributed by atoms with Crippen LogP contribution in [-0.4, -0.2) is 34.1 Å². The maximum atomic E-state index is 12.6. The fraction of sp³-hybridized carbons (Fsp3) is 0.824. The number of hydrogen-bond acceptors (Lipinski definition) is 4. The van der Waals surface area contributed by atoms with Crippen LogP contribution in [0.25, 0.3) is 0 Å². The molecule has 2 fully saturated rings. The van der Waals surface area contributed by atoms with Crippen molar-refractivity contribution in [2.24, 2.45) is 11.8 Å². The molecule has 2 aliphatic rings. The Bertz CT molecular complexity index is 508. The Balaban J connectivity index is 1.62. The predicted octanol–water partition coefficient (Wildman–Crippen LogP) is 3.63. The SMILES string of the molecule is CC(C)Cc1nnc(C2CCCN(C(=O)C3CCCC3)C2)s1. The average Bonchev–Trinajstić information content (AvgIpc) is 3.17. The highest BCUT2D eigenvalue weighted by Crippen LogP contribution is 2.32. The van der Waals surface area contributed by atoms with Gasteiger partial charge in [0.25, 0.3) is 0 Å². The number of amides is 1. The molecule has 1 saturated heterocycles. The van der Waals surface area contributed by atoms with E-state index in [1.165, 1.54) is 12.8 Å². The minimum atomic E-state index is 0.296. The maximum absolute atomic E-state index is 12.6. The second-order valence-electron chi connectivity index (χ2n) is 7.24. The summed E-state index contributed by atoms with van der Waals surface area (Å²) in [6.45, 7) is 6.21. The third kappa shape index (κ3) is 3.67. The zero-order valence-electron chi connectivity index (χ0n) is 13.8. The zero-order chi connectivity index (χ0) is 15.5. The van der Waals surface area contributed by atoms with E-state index in [1.54, 1.807) is 11.3 Å². The maximum Gasteiger partial charge on any atom is 0.225 e. The van der Waals surface area contributed by atoms with Gasteiger partial charge in [-0.3, -0.25) is 4.79 Å². The summed E-state index contributed by atoms with van der Waals surface area (Å²) in [6, 6.07) is 0. The number of piperidine rings is 1. The molecular weight excluding hydrogens is 294 g/mol. The largest absolute Gasteiger partial charge is 0.342 e. The zero-order valence-corrected chi connectivity index (χ0v) is 14.6. The van der Waals surface area contributed by atoms with Crippen molar-refractivity contribution in [1.29, 1.82) is 0 Å². The molecular formula is C17H27N3OS. The number of carbonyl (C=O) groups is 1. The summed E-state index contributed by atoms with van der Waals surface area (Å²) in [5, 5.41) is 11.0. The highest BCUT2D eigenvalue weighted by Gasteiger charge is 2.32. The molecule has 3 rings (SSSR count). The second-order valence-corrected chi connectivity index (χ2v) is 8.33. The van der Waals surface area contributed by atoms with E-state index in [-0.39, 0.29) is 0 Å². The van der Waals surface area contributed by atoms with E-state index in [2.05, 4.69) is 28.9 Å². The number of carbonyl (C=O) groups excluding carboxylic acids is 1. The van der Waals surface area contributed by atoms with Crippen LogP contribution in [0.5, 0.6) is 0 Å². The number of rotatable bonds is 4. The molecule has 122 valence electrons. The Kier molecular flexibility index (Phi) is 5.11. The van der Waals surface area contributed by atoms with Crippen molar-refractivity contribution in [1.82, 2.24) is 15.1 Å². The van der Waals surface area contributed by atoms with Crippen LogP contribution in [0.15, 0.2) is 0 Å². The molecule has 1 saturated carbocycles. The van der Waals surface area contributed by atoms with Crippen molar-refractivity contribution in [3.05, 3.63) is 10.0 Å². The van der Waals surface area contributed by atoms with Crippen molar-refractivity contribution >= 4 is 17.2 Å². The van der Waals surface area contributed by atoms with Gasteiger partial charge in [-0.1, -0.05) is 26.7 Å². The summed E-state index contributed by atoms with van der Waals surface area (Å²) in [4.78, 5) is 14.7. The normalized spacial score (nSPS) is 23.4. The van der Waals surface area contributed by atoms with Crippen molar-refractivity contribution < 1.29 is 4.79 Å². The summed E-state index contributed by atoms with van der Waals surface area (Å²) in [6.07, 6.45) is 7.89. The van der Waals surface area contributed by atoms with E-state index < -0.39 is 0 Å². The van der Waals surface area contributed by atoms with Gasteiger partial charge in [-0.15, -0.1) is 21.5 Å². The van der Waals surface area contributed by atoms with Crippen LogP contribution in [0.1, 0.15) is 68.3 Å². The van der Waals surface area contributed by atoms with Gasteiger partial charge in [0, 0.05) is 31.3 Å². The van der Waals surface area contributed by atoms with Crippen LogP contribution in [-0.2, 0) is 11.2 Å². The molecule has 22 heavy (non-hydrogen) atoms. The van der Waals surface area contributed by atoms with Gasteiger partial charge in [-0.05, 0) is 31.6 Å². The Morgan fingerprint density at radius 2 is 2.00 bits per heavy atom. The fourth-order valence-electron chi connectivity index (χ4n) is 3.67. The smallest absolute Gasteiger partial charge is 0.225 e. The number of likely N-dealkylation sites (tertiary alicyclic amines) is 1. The third-order valence-electron chi connectivity index (χ3n) is 4.85. The minimum Gasteiger partial charge on any atom is -0.342 e. The molecule has 0 spiro atoms. The van der Waals surface area contributed by atoms with Gasteiger partial charge in [0.05, 0.1) is 0 Å². The van der Waals surface area contributed by atoms with E-state index in [0.717, 1.165) is 55.2 Å². The molecule has 0 bridgehead atoms. The molecule has 1 aromatic rings. The highest BCUT2D eigenvalue weighted by molar-refractivity contribution is 7.11. The Morgan fingerprint density at radius 3 is 2.73 bits per heavy atom. The first-order chi connectivity index (χ1) is 10.6. The standard InChI is InChI=1S/C17H27N3OS/c1-12(2)10-15-18-19-16(22-15)14-8-5-9-20(11-14)17(21)13-6-3-4-7-13/h12-14H,3-11H2,1-2H3. The first-order valence-electron chi connectivity index (χ1n) is 8.74. The monoisotopic (exact) mass is 321 g/mol. The lowest BCUT2D eigenvalue weighted by Gasteiger charge is -2.33. The predicted molar refractivity (Wildman–Crippen MR) is 89.0 cm³/mol. The molecule has 2 heterocycles. The van der Waals surface area contributed by atoms with Crippen LogP contribution < -0.4 is 0 Å². The lowest BCUT2D eigenvalue weighted by atomic mass is 9.96. The van der Waals surface area contributed by atoms with E-state index in [0.29, 0.717) is 23.7 Å². The molecule has 4 nitrogen and oxygen atoms in total. The van der Waals surface area contributed by atoms with Crippen LogP contribution in [0, 0.1) is 11.8 Å². The molecule has 0 N–H and O–H groups in total. The molecule has 0 radical (unpaired) electrons. The lowest BCUT2D eigenvalue weighted by Crippen LogP contribution is -2.41. The summed E-state index contributed by atoms with van der Waals surface area (Å²) >= 11 is 1.75. The minimum absolute atomic E-state index is 0.296. The topological polar surface area (TPSA) is 46.1 Å². The van der Waals surface area contributed by atoms with Crippen LogP contribution >= 0.6 is 11.3 Å². The third-order valence-corrected chi connectivity index (χ3v) is 5.96. The molecule has 1 aliphatic carbocycles. The lowest BCUT2D eigenvalue weighted by molar-refractivity contribution is -0.136. The Hall–Kier alpha value is -0.970. The van der Waals surface area contributed by atoms with E-state index in [1.807, 2.05) is 0 Å². The van der Waals surface area contributed by atoms with Crippen molar-refractivity contribution in [2.45, 2.75) is 64.7 Å². The first-order valence-corrected chi connectivity index (χ1v) is 9.56. The first kappa shape index (κ1) is 15.9. The van der Waals surface area contributed by atoms with E-state index in [4.69, 9.17) is 0 Å². The van der Waals surface area contributed by atoms with Gasteiger partial charge >= 0.3 is 0 Å². The molecule has 0 aromatic carbocycles. The summed E-state index contributed by atoms with van der Waals surface area (Å²) in [7, 11) is 0. The van der Waals surface area contributed by atoms with Crippen molar-refractivity contribution in [3.63, 3.8) is 0 Å². The van der Waals surface area contributed by atoms with Crippen LogP contribution in [0.3, 0.4) is 0 Å². The molecule has 1 unspecified atom stereocenters. The van der Waals surface area contributed by atoms with Crippen molar-refractivity contribution in [3.8, 4) is 0 Å². The number of aromatic nitrogens is 2. The van der Waals surface area contributed by atoms with Gasteiger partial charge in [0.2, 0.25) is 5.91 Å². The molecule has 1 aromatic heterocycles. The quantitative estimate of drug-likeness (QED) is 0.850. The van der Waals surface area contributed by atoms with E-state index >= 15 is 0 Å². The number of hydrogen-bond donors (Lipinski definition) is 0. The van der Waals surface area contributed by atoms with Crippen molar-refractivity contribution in [2.75, 3.05) is 13.1 Å². The van der Waals surface area contributed by atoms with Gasteiger partial charge in [-0.25, -0.2) is 0 Å². The Morgan fingerprint density at radius 1 is 1.23 bits per heavy atom. The Labute approximate surface area is 137 Å². The summed E-state index contributed by atoms with van der Waals surface area (Å²) < 4.78 is 0. The fourth-order valence-corrected chi connectivity index (χ4v) is 4.85. The summed E-state index contributed by atoms with van der Waals surface area (Å²) in [5.74, 6) is 1.71. The van der Waals surface area contributed by atoms with Gasteiger partial charge < -0.3 is 4.90 Å². The van der Waals surface area contributed by atoms with Crippen LogP contribution in [0.2, 0.25) is 0 Å². The molecule has 5 heteroatoms. The highest BCUT2D eigenvalue weighted by atomic mass is 32.1. The van der Waals surface area contributed by atoms with Crippen LogP contribution in [0.4, 0.5) is 0 Å². The summed E-state index contributed by atoms with van der Waals surface area (Å²) in [5.41, 5.74) is 0.